The van der Waals surface area contributed by atoms with E-state index in [1.807, 2.05) is 37.3 Å². The summed E-state index contributed by atoms with van der Waals surface area (Å²) < 4.78 is 33.2. The lowest BCUT2D eigenvalue weighted by atomic mass is 10.1. The Bertz CT molecular complexity index is 888. The number of methoxy groups -OCH3 is 1. The molecule has 2 N–H and O–H groups in total. The Morgan fingerprint density at radius 1 is 1.18 bits per heavy atom. The molecule has 0 bridgehead atoms. The summed E-state index contributed by atoms with van der Waals surface area (Å²) in [6, 6.07) is 12.5. The van der Waals surface area contributed by atoms with Crippen molar-refractivity contribution in [3.05, 3.63) is 59.1 Å². The van der Waals surface area contributed by atoms with Gasteiger partial charge in [0, 0.05) is 6.54 Å². The lowest BCUT2D eigenvalue weighted by Crippen LogP contribution is -2.48. The number of sulfonamides is 1. The standard InChI is InChI=1S/C20H25ClN2O4S/c1-3-4-12-22-20(24)18(13-15-8-6-5-7-9-15)23-28(25,26)16-10-11-19(27-2)17(21)14-16/h5-11,14,18,23H,3-4,12-13H2,1-2H3,(H,22,24). The van der Waals surface area contributed by atoms with Crippen molar-refractivity contribution in [3.8, 4) is 5.75 Å². The van der Waals surface area contributed by atoms with Gasteiger partial charge in [0.05, 0.1) is 17.0 Å². The van der Waals surface area contributed by atoms with Gasteiger partial charge < -0.3 is 10.1 Å². The largest absolute Gasteiger partial charge is 0.495 e. The molecule has 0 radical (unpaired) electrons. The lowest BCUT2D eigenvalue weighted by Gasteiger charge is -2.19. The fourth-order valence-electron chi connectivity index (χ4n) is 2.62. The van der Waals surface area contributed by atoms with Crippen LogP contribution in [0.3, 0.4) is 0 Å². The van der Waals surface area contributed by atoms with Crippen molar-refractivity contribution in [1.29, 1.82) is 0 Å². The summed E-state index contributed by atoms with van der Waals surface area (Å²) in [4.78, 5) is 12.6. The van der Waals surface area contributed by atoms with E-state index in [-0.39, 0.29) is 22.2 Å². The number of unbranched alkanes of at least 4 members (excludes halogenated alkanes) is 1. The van der Waals surface area contributed by atoms with Gasteiger partial charge in [-0.2, -0.15) is 4.72 Å². The second-order valence-electron chi connectivity index (χ2n) is 6.30. The van der Waals surface area contributed by atoms with E-state index >= 15 is 0 Å². The van der Waals surface area contributed by atoms with Gasteiger partial charge in [-0.3, -0.25) is 4.79 Å². The highest BCUT2D eigenvalue weighted by atomic mass is 35.5. The molecular weight excluding hydrogens is 400 g/mol. The zero-order valence-corrected chi connectivity index (χ0v) is 17.5. The van der Waals surface area contributed by atoms with Crippen LogP contribution in [0.25, 0.3) is 0 Å². The fraction of sp³-hybridized carbons (Fsp3) is 0.350. The lowest BCUT2D eigenvalue weighted by molar-refractivity contribution is -0.122. The molecule has 1 atom stereocenters. The number of hydrogen-bond acceptors (Lipinski definition) is 4. The molecule has 0 aliphatic heterocycles. The Morgan fingerprint density at radius 2 is 1.89 bits per heavy atom. The third kappa shape index (κ3) is 6.22. The van der Waals surface area contributed by atoms with E-state index in [2.05, 4.69) is 10.0 Å². The summed E-state index contributed by atoms with van der Waals surface area (Å²) in [5.74, 6) is 0.0132. The second kappa shape index (κ2) is 10.5. The van der Waals surface area contributed by atoms with E-state index in [9.17, 15) is 13.2 Å². The summed E-state index contributed by atoms with van der Waals surface area (Å²) in [6.07, 6.45) is 1.99. The zero-order chi connectivity index (χ0) is 20.6. The molecule has 8 heteroatoms. The average molecular weight is 425 g/mol. The van der Waals surface area contributed by atoms with Crippen LogP contribution in [0.15, 0.2) is 53.4 Å². The van der Waals surface area contributed by atoms with Gasteiger partial charge in [-0.15, -0.1) is 0 Å². The number of benzene rings is 2. The molecule has 2 aromatic rings. The number of carbonyl (C=O) groups is 1. The van der Waals surface area contributed by atoms with Crippen LogP contribution >= 0.6 is 11.6 Å². The van der Waals surface area contributed by atoms with Crippen molar-refractivity contribution in [3.63, 3.8) is 0 Å². The first kappa shape index (κ1) is 22.2. The molecule has 0 aromatic heterocycles. The van der Waals surface area contributed by atoms with Crippen LogP contribution in [0, 0.1) is 0 Å². The van der Waals surface area contributed by atoms with Crippen LogP contribution in [-0.2, 0) is 21.2 Å². The number of rotatable bonds is 10. The predicted molar refractivity (Wildman–Crippen MR) is 110 cm³/mol. The van der Waals surface area contributed by atoms with Gasteiger partial charge in [-0.1, -0.05) is 55.3 Å². The average Bonchev–Trinajstić information content (AvgIpc) is 2.68. The van der Waals surface area contributed by atoms with Crippen molar-refractivity contribution < 1.29 is 17.9 Å². The van der Waals surface area contributed by atoms with Crippen molar-refractivity contribution in [1.82, 2.24) is 10.0 Å². The normalized spacial score (nSPS) is 12.4. The van der Waals surface area contributed by atoms with Crippen LogP contribution in [0.5, 0.6) is 5.75 Å². The smallest absolute Gasteiger partial charge is 0.241 e. The van der Waals surface area contributed by atoms with E-state index < -0.39 is 16.1 Å². The minimum absolute atomic E-state index is 0.0299. The number of nitrogens with one attached hydrogen (secondary N) is 2. The van der Waals surface area contributed by atoms with Crippen LogP contribution in [-0.4, -0.2) is 34.0 Å². The summed E-state index contributed by atoms with van der Waals surface area (Å²) in [5, 5.41) is 2.97. The zero-order valence-electron chi connectivity index (χ0n) is 15.9. The molecule has 1 unspecified atom stereocenters. The molecule has 0 fully saturated rings. The first-order chi connectivity index (χ1) is 13.4. The Labute approximate surface area is 171 Å². The van der Waals surface area contributed by atoms with E-state index in [1.54, 1.807) is 0 Å². The van der Waals surface area contributed by atoms with Gasteiger partial charge in [0.15, 0.2) is 0 Å². The van der Waals surface area contributed by atoms with Gasteiger partial charge in [-0.25, -0.2) is 8.42 Å². The molecule has 2 rings (SSSR count). The van der Waals surface area contributed by atoms with Crippen LogP contribution in [0.4, 0.5) is 0 Å². The quantitative estimate of drug-likeness (QED) is 0.574. The van der Waals surface area contributed by atoms with Crippen molar-refractivity contribution in [2.45, 2.75) is 37.1 Å². The first-order valence-electron chi connectivity index (χ1n) is 9.05. The maximum Gasteiger partial charge on any atom is 0.241 e. The van der Waals surface area contributed by atoms with Gasteiger partial charge in [-0.05, 0) is 36.6 Å². The molecule has 152 valence electrons. The minimum atomic E-state index is -3.95. The molecule has 6 nitrogen and oxygen atoms in total. The Morgan fingerprint density at radius 3 is 2.50 bits per heavy atom. The van der Waals surface area contributed by atoms with E-state index in [4.69, 9.17) is 16.3 Å². The number of carbonyl (C=O) groups excluding carboxylic acids is 1. The highest BCUT2D eigenvalue weighted by Gasteiger charge is 2.26. The molecule has 28 heavy (non-hydrogen) atoms. The third-order valence-electron chi connectivity index (χ3n) is 4.16. The molecular formula is C20H25ClN2O4S. The van der Waals surface area contributed by atoms with Crippen molar-refractivity contribution >= 4 is 27.5 Å². The Hall–Kier alpha value is -2.09. The molecule has 2 aromatic carbocycles. The van der Waals surface area contributed by atoms with Crippen molar-refractivity contribution in [2.24, 2.45) is 0 Å². The monoisotopic (exact) mass is 424 g/mol. The Kier molecular flexibility index (Phi) is 8.29. The van der Waals surface area contributed by atoms with Gasteiger partial charge >= 0.3 is 0 Å². The summed E-state index contributed by atoms with van der Waals surface area (Å²) in [6.45, 7) is 2.51. The predicted octanol–water partition coefficient (Wildman–Crippen LogP) is 3.15. The van der Waals surface area contributed by atoms with Crippen LogP contribution in [0.2, 0.25) is 5.02 Å². The van der Waals surface area contributed by atoms with E-state index in [0.717, 1.165) is 18.4 Å². The highest BCUT2D eigenvalue weighted by molar-refractivity contribution is 7.89. The molecule has 0 heterocycles. The number of hydrogen-bond donors (Lipinski definition) is 2. The second-order valence-corrected chi connectivity index (χ2v) is 8.43. The van der Waals surface area contributed by atoms with E-state index in [1.165, 1.54) is 25.3 Å². The SMILES string of the molecule is CCCCNC(=O)C(Cc1ccccc1)NS(=O)(=O)c1ccc(OC)c(Cl)c1. The van der Waals surface area contributed by atoms with Crippen LogP contribution in [0.1, 0.15) is 25.3 Å². The maximum atomic E-state index is 12.8. The molecule has 0 spiro atoms. The van der Waals surface area contributed by atoms with Crippen LogP contribution < -0.4 is 14.8 Å². The topological polar surface area (TPSA) is 84.5 Å². The maximum absolute atomic E-state index is 12.8. The van der Waals surface area contributed by atoms with Gasteiger partial charge in [0.2, 0.25) is 15.9 Å². The number of ether oxygens (including phenoxy) is 1. The molecule has 0 saturated carbocycles. The summed E-state index contributed by atoms with van der Waals surface area (Å²) in [5.41, 5.74) is 0.855. The summed E-state index contributed by atoms with van der Waals surface area (Å²) >= 11 is 6.05. The van der Waals surface area contributed by atoms with Gasteiger partial charge in [0.1, 0.15) is 11.8 Å². The molecule has 1 amide bonds. The highest BCUT2D eigenvalue weighted by Crippen LogP contribution is 2.27. The van der Waals surface area contributed by atoms with E-state index in [0.29, 0.717) is 12.3 Å². The fourth-order valence-corrected chi connectivity index (χ4v) is 4.16. The first-order valence-corrected chi connectivity index (χ1v) is 10.9. The molecule has 0 saturated heterocycles. The minimum Gasteiger partial charge on any atom is -0.495 e. The van der Waals surface area contributed by atoms with Crippen molar-refractivity contribution in [2.75, 3.05) is 13.7 Å². The number of halogens is 1. The number of amides is 1. The molecule has 0 aliphatic rings. The van der Waals surface area contributed by atoms with Gasteiger partial charge in [0.25, 0.3) is 0 Å². The third-order valence-corrected chi connectivity index (χ3v) is 5.92. The molecule has 0 aliphatic carbocycles. The Balaban J connectivity index is 2.24. The summed E-state index contributed by atoms with van der Waals surface area (Å²) in [7, 11) is -2.50.